The molecule has 0 saturated carbocycles. The number of ether oxygens (including phenoxy) is 2. The molecule has 1 atom stereocenters. The lowest BCUT2D eigenvalue weighted by molar-refractivity contribution is -0.131. The molecule has 1 unspecified atom stereocenters. The highest BCUT2D eigenvalue weighted by molar-refractivity contribution is 6.06. The molecule has 0 fully saturated rings. The molecular weight excluding hydrogens is 365 g/mol. The molecule has 0 saturated heterocycles. The van der Waals surface area contributed by atoms with E-state index >= 15 is 0 Å². The van der Waals surface area contributed by atoms with Crippen molar-refractivity contribution in [2.24, 2.45) is 11.0 Å². The summed E-state index contributed by atoms with van der Waals surface area (Å²) in [7, 11) is 1.52. The maximum Gasteiger partial charge on any atom is 0.252 e. The Balaban J connectivity index is 2.01. The van der Waals surface area contributed by atoms with Crippen molar-refractivity contribution in [1.82, 2.24) is 5.43 Å². The third kappa shape index (κ3) is 5.29. The molecule has 0 aromatic heterocycles. The highest BCUT2D eigenvalue weighted by Gasteiger charge is 2.22. The van der Waals surface area contributed by atoms with Gasteiger partial charge >= 0.3 is 0 Å². The Morgan fingerprint density at radius 3 is 2.61 bits per heavy atom. The van der Waals surface area contributed by atoms with Gasteiger partial charge in [0.25, 0.3) is 5.91 Å². The van der Waals surface area contributed by atoms with Gasteiger partial charge in [0.1, 0.15) is 11.7 Å². The number of para-hydroxylation sites is 2. The first-order valence-corrected chi connectivity index (χ1v) is 8.66. The van der Waals surface area contributed by atoms with Crippen LogP contribution in [0.5, 0.6) is 11.5 Å². The fourth-order valence-corrected chi connectivity index (χ4v) is 2.28. The number of methoxy groups -OCH3 is 1. The van der Waals surface area contributed by atoms with Crippen LogP contribution in [0.25, 0.3) is 0 Å². The van der Waals surface area contributed by atoms with E-state index in [9.17, 15) is 14.0 Å². The Labute approximate surface area is 162 Å². The normalized spacial score (nSPS) is 11.7. The molecule has 2 rings (SSSR count). The maximum atomic E-state index is 13.6. The second-order valence-electron chi connectivity index (χ2n) is 5.74. The van der Waals surface area contributed by atoms with Crippen LogP contribution in [0.4, 0.5) is 10.1 Å². The second-order valence-corrected chi connectivity index (χ2v) is 5.74. The lowest BCUT2D eigenvalue weighted by Gasteiger charge is -2.12. The molecule has 0 spiro atoms. The van der Waals surface area contributed by atoms with E-state index < -0.39 is 23.5 Å². The van der Waals surface area contributed by atoms with Crippen molar-refractivity contribution in [3.05, 3.63) is 53.8 Å². The smallest absolute Gasteiger partial charge is 0.252 e. The zero-order chi connectivity index (χ0) is 20.5. The van der Waals surface area contributed by atoms with Crippen molar-refractivity contribution in [1.29, 1.82) is 0 Å². The zero-order valence-corrected chi connectivity index (χ0v) is 15.9. The number of carbonyl (C=O) groups excluding carboxylic acids is 2. The van der Waals surface area contributed by atoms with Crippen LogP contribution < -0.4 is 20.2 Å². The standard InChI is InChI=1S/C20H22FN3O4/c1-4-28-18-14(8-7-11-17(18)27-3)12-22-24-20(26)13(2)19(25)23-16-10-6-5-9-15(16)21/h5-13H,4H2,1-3H3,(H,23,25)(H,24,26). The Kier molecular flexibility index (Phi) is 7.50. The van der Waals surface area contributed by atoms with Crippen LogP contribution >= 0.6 is 0 Å². The molecule has 2 amide bonds. The number of halogens is 1. The van der Waals surface area contributed by atoms with Crippen molar-refractivity contribution < 1.29 is 23.5 Å². The molecule has 148 valence electrons. The number of anilines is 1. The lowest BCUT2D eigenvalue weighted by atomic mass is 10.1. The Hall–Kier alpha value is -3.42. The van der Waals surface area contributed by atoms with Gasteiger partial charge in [0.15, 0.2) is 11.5 Å². The highest BCUT2D eigenvalue weighted by Crippen LogP contribution is 2.29. The van der Waals surface area contributed by atoms with E-state index in [-0.39, 0.29) is 5.69 Å². The molecule has 0 aliphatic carbocycles. The van der Waals surface area contributed by atoms with Crippen LogP contribution in [0.15, 0.2) is 47.6 Å². The summed E-state index contributed by atoms with van der Waals surface area (Å²) in [5.74, 6) is -1.90. The van der Waals surface area contributed by atoms with Crippen LogP contribution in [0.2, 0.25) is 0 Å². The van der Waals surface area contributed by atoms with Crippen LogP contribution in [-0.4, -0.2) is 31.7 Å². The van der Waals surface area contributed by atoms with Crippen LogP contribution in [0.3, 0.4) is 0 Å². The minimum atomic E-state index is -1.08. The third-order valence-corrected chi connectivity index (χ3v) is 3.81. The van der Waals surface area contributed by atoms with Gasteiger partial charge in [0, 0.05) is 5.56 Å². The van der Waals surface area contributed by atoms with Gasteiger partial charge in [-0.1, -0.05) is 18.2 Å². The summed E-state index contributed by atoms with van der Waals surface area (Å²) in [5.41, 5.74) is 2.91. The largest absolute Gasteiger partial charge is 0.493 e. The number of benzene rings is 2. The number of amides is 2. The molecule has 0 aliphatic rings. The molecule has 28 heavy (non-hydrogen) atoms. The molecule has 7 nitrogen and oxygen atoms in total. The molecule has 2 N–H and O–H groups in total. The Bertz CT molecular complexity index is 870. The van der Waals surface area contributed by atoms with Gasteiger partial charge in [-0.3, -0.25) is 9.59 Å². The minimum Gasteiger partial charge on any atom is -0.493 e. The van der Waals surface area contributed by atoms with Crippen LogP contribution in [0.1, 0.15) is 19.4 Å². The minimum absolute atomic E-state index is 0.00777. The first-order valence-electron chi connectivity index (χ1n) is 8.66. The molecule has 2 aromatic carbocycles. The average Bonchev–Trinajstić information content (AvgIpc) is 2.70. The molecule has 0 bridgehead atoms. The predicted octanol–water partition coefficient (Wildman–Crippen LogP) is 2.96. The fraction of sp³-hybridized carbons (Fsp3) is 0.250. The first-order chi connectivity index (χ1) is 13.5. The summed E-state index contributed by atoms with van der Waals surface area (Å²) in [6.07, 6.45) is 1.40. The van der Waals surface area contributed by atoms with Crippen molar-refractivity contribution in [3.63, 3.8) is 0 Å². The fourth-order valence-electron chi connectivity index (χ4n) is 2.28. The van der Waals surface area contributed by atoms with Gasteiger partial charge < -0.3 is 14.8 Å². The van der Waals surface area contributed by atoms with Gasteiger partial charge in [0.2, 0.25) is 5.91 Å². The van der Waals surface area contributed by atoms with E-state index in [1.165, 1.54) is 38.4 Å². The predicted molar refractivity (Wildman–Crippen MR) is 104 cm³/mol. The van der Waals surface area contributed by atoms with Crippen molar-refractivity contribution in [2.75, 3.05) is 19.0 Å². The quantitative estimate of drug-likeness (QED) is 0.414. The monoisotopic (exact) mass is 387 g/mol. The van der Waals surface area contributed by atoms with Crippen molar-refractivity contribution in [2.45, 2.75) is 13.8 Å². The van der Waals surface area contributed by atoms with Crippen molar-refractivity contribution in [3.8, 4) is 11.5 Å². The number of rotatable bonds is 8. The third-order valence-electron chi connectivity index (χ3n) is 3.81. The topological polar surface area (TPSA) is 89.0 Å². The highest BCUT2D eigenvalue weighted by atomic mass is 19.1. The van der Waals surface area contributed by atoms with E-state index in [1.54, 1.807) is 24.3 Å². The summed E-state index contributed by atoms with van der Waals surface area (Å²) in [5, 5.41) is 6.25. The SMILES string of the molecule is CCOc1c(C=NNC(=O)C(C)C(=O)Nc2ccccc2F)cccc1OC. The second kappa shape index (κ2) is 10.1. The van der Waals surface area contributed by atoms with E-state index in [0.717, 1.165) is 0 Å². The van der Waals surface area contributed by atoms with Gasteiger partial charge in [0.05, 0.1) is 25.6 Å². The molecule has 0 heterocycles. The number of nitrogens with one attached hydrogen (secondary N) is 2. The molecule has 0 aliphatic heterocycles. The van der Waals surface area contributed by atoms with Crippen LogP contribution in [-0.2, 0) is 9.59 Å². The number of hydrazone groups is 1. The number of nitrogens with zero attached hydrogens (tertiary/aromatic N) is 1. The summed E-state index contributed by atoms with van der Waals surface area (Å²) >= 11 is 0. The van der Waals surface area contributed by atoms with Gasteiger partial charge in [-0.05, 0) is 38.1 Å². The zero-order valence-electron chi connectivity index (χ0n) is 15.9. The van der Waals surface area contributed by atoms with E-state index in [0.29, 0.717) is 23.7 Å². The summed E-state index contributed by atoms with van der Waals surface area (Å²) in [4.78, 5) is 24.3. The van der Waals surface area contributed by atoms with E-state index in [4.69, 9.17) is 9.47 Å². The van der Waals surface area contributed by atoms with E-state index in [2.05, 4.69) is 15.8 Å². The number of hydrogen-bond donors (Lipinski definition) is 2. The summed E-state index contributed by atoms with van der Waals surface area (Å²) < 4.78 is 24.4. The average molecular weight is 387 g/mol. The van der Waals surface area contributed by atoms with Crippen molar-refractivity contribution >= 4 is 23.7 Å². The molecule has 8 heteroatoms. The first kappa shape index (κ1) is 20.9. The Morgan fingerprint density at radius 1 is 1.18 bits per heavy atom. The van der Waals surface area contributed by atoms with Gasteiger partial charge in [-0.2, -0.15) is 5.10 Å². The van der Waals surface area contributed by atoms with Gasteiger partial charge in [-0.25, -0.2) is 9.82 Å². The summed E-state index contributed by atoms with van der Waals surface area (Å²) in [6.45, 7) is 3.67. The van der Waals surface area contributed by atoms with Gasteiger partial charge in [-0.15, -0.1) is 0 Å². The number of hydrogen-bond acceptors (Lipinski definition) is 5. The lowest BCUT2D eigenvalue weighted by Crippen LogP contribution is -2.34. The summed E-state index contributed by atoms with van der Waals surface area (Å²) in [6, 6.07) is 11.0. The molecule has 2 aromatic rings. The van der Waals surface area contributed by atoms with Crippen LogP contribution in [0, 0.1) is 11.7 Å². The van der Waals surface area contributed by atoms with E-state index in [1.807, 2.05) is 6.92 Å². The molecule has 0 radical (unpaired) electrons. The number of carbonyl (C=O) groups is 2. The maximum absolute atomic E-state index is 13.6. The molecular formula is C20H22FN3O4. The Morgan fingerprint density at radius 2 is 1.93 bits per heavy atom.